The Morgan fingerprint density at radius 3 is 2.70 bits per heavy atom. The van der Waals surface area contributed by atoms with Gasteiger partial charge in [0.05, 0.1) is 11.4 Å². The van der Waals surface area contributed by atoms with Gasteiger partial charge in [0.1, 0.15) is 0 Å². The number of fused-ring (bicyclic) bond motifs is 1. The number of nitrogens with zero attached hydrogens (tertiary/aromatic N) is 2. The number of pyridine rings is 1. The number of hydrogen-bond donors (Lipinski definition) is 1. The Bertz CT molecular complexity index is 734. The molecule has 0 aliphatic heterocycles. The van der Waals surface area contributed by atoms with Gasteiger partial charge in [-0.2, -0.15) is 0 Å². The Morgan fingerprint density at radius 2 is 1.95 bits per heavy atom. The highest BCUT2D eigenvalue weighted by molar-refractivity contribution is 6.07. The van der Waals surface area contributed by atoms with Gasteiger partial charge in [-0.3, -0.25) is 14.7 Å². The molecule has 0 fully saturated rings. The van der Waals surface area contributed by atoms with E-state index in [2.05, 4.69) is 9.97 Å². The largest absolute Gasteiger partial charge is 0.359 e. The molecule has 0 unspecified atom stereocenters. The van der Waals surface area contributed by atoms with Crippen LogP contribution in [-0.2, 0) is 4.79 Å². The minimum absolute atomic E-state index is 0.0564. The number of aromatic amines is 1. The molecule has 4 heteroatoms. The molecule has 1 N–H and O–H groups in total. The van der Waals surface area contributed by atoms with Gasteiger partial charge in [-0.1, -0.05) is 25.1 Å². The molecule has 20 heavy (non-hydrogen) atoms. The van der Waals surface area contributed by atoms with Crippen molar-refractivity contribution in [3.63, 3.8) is 0 Å². The number of anilines is 2. The van der Waals surface area contributed by atoms with E-state index in [4.69, 9.17) is 0 Å². The Balaban J connectivity index is 2.17. The number of hydrogen-bond acceptors (Lipinski definition) is 2. The molecule has 0 saturated heterocycles. The summed E-state index contributed by atoms with van der Waals surface area (Å²) < 4.78 is 0. The topological polar surface area (TPSA) is 49.0 Å². The number of nitrogens with one attached hydrogen (secondary N) is 1. The molecule has 2 heterocycles. The summed E-state index contributed by atoms with van der Waals surface area (Å²) in [5.74, 6) is 0.0564. The smallest absolute Gasteiger partial charge is 0.231 e. The molecule has 0 spiro atoms. The Morgan fingerprint density at radius 1 is 1.20 bits per heavy atom. The van der Waals surface area contributed by atoms with E-state index in [1.807, 2.05) is 49.5 Å². The molecule has 1 amide bonds. The van der Waals surface area contributed by atoms with Gasteiger partial charge in [-0.05, 0) is 18.2 Å². The van der Waals surface area contributed by atoms with Crippen molar-refractivity contribution in [3.8, 4) is 0 Å². The highest BCUT2D eigenvalue weighted by Crippen LogP contribution is 2.32. The van der Waals surface area contributed by atoms with Crippen LogP contribution < -0.4 is 4.90 Å². The average Bonchev–Trinajstić information content (AvgIpc) is 2.92. The molecule has 0 radical (unpaired) electrons. The SMILES string of the molecule is CCC(=O)N(c1ccncc1)c1c[nH]c2ccccc12. The van der Waals surface area contributed by atoms with Crippen molar-refractivity contribution in [1.82, 2.24) is 9.97 Å². The standard InChI is InChI=1S/C16H15N3O/c1-2-16(20)19(12-7-9-17-10-8-12)15-11-18-14-6-4-3-5-13(14)15/h3-11,18H,2H2,1H3. The van der Waals surface area contributed by atoms with Gasteiger partial charge in [0.2, 0.25) is 5.91 Å². The first-order valence-corrected chi connectivity index (χ1v) is 6.60. The van der Waals surface area contributed by atoms with Crippen molar-refractivity contribution in [2.45, 2.75) is 13.3 Å². The zero-order valence-electron chi connectivity index (χ0n) is 11.2. The van der Waals surface area contributed by atoms with Crippen molar-refractivity contribution >= 4 is 28.2 Å². The second kappa shape index (κ2) is 5.17. The fourth-order valence-electron chi connectivity index (χ4n) is 2.31. The molecule has 0 atom stereocenters. The van der Waals surface area contributed by atoms with Crippen LogP contribution in [0.5, 0.6) is 0 Å². The predicted octanol–water partition coefficient (Wildman–Crippen LogP) is 3.64. The number of carbonyl (C=O) groups is 1. The summed E-state index contributed by atoms with van der Waals surface area (Å²) in [5.41, 5.74) is 2.72. The summed E-state index contributed by atoms with van der Waals surface area (Å²) in [6.07, 6.45) is 5.71. The van der Waals surface area contributed by atoms with Crippen LogP contribution in [0, 0.1) is 0 Å². The maximum absolute atomic E-state index is 12.3. The van der Waals surface area contributed by atoms with E-state index < -0.39 is 0 Å². The van der Waals surface area contributed by atoms with E-state index in [0.29, 0.717) is 6.42 Å². The van der Waals surface area contributed by atoms with Crippen LogP contribution >= 0.6 is 0 Å². The van der Waals surface area contributed by atoms with Gasteiger partial charge < -0.3 is 4.98 Å². The maximum Gasteiger partial charge on any atom is 0.231 e. The van der Waals surface area contributed by atoms with Crippen LogP contribution in [0.2, 0.25) is 0 Å². The van der Waals surface area contributed by atoms with Crippen LogP contribution in [0.25, 0.3) is 10.9 Å². The second-order valence-corrected chi connectivity index (χ2v) is 4.51. The van der Waals surface area contributed by atoms with Crippen LogP contribution in [-0.4, -0.2) is 15.9 Å². The molecular formula is C16H15N3O. The molecule has 3 aromatic rings. The highest BCUT2D eigenvalue weighted by Gasteiger charge is 2.19. The van der Waals surface area contributed by atoms with Crippen molar-refractivity contribution in [2.24, 2.45) is 0 Å². The molecule has 0 saturated carbocycles. The van der Waals surface area contributed by atoms with Gasteiger partial charge in [0.15, 0.2) is 0 Å². The predicted molar refractivity (Wildman–Crippen MR) is 80.0 cm³/mol. The monoisotopic (exact) mass is 265 g/mol. The van der Waals surface area contributed by atoms with Gasteiger partial charge in [0.25, 0.3) is 0 Å². The third-order valence-electron chi connectivity index (χ3n) is 3.28. The lowest BCUT2D eigenvalue weighted by molar-refractivity contribution is -0.117. The number of aromatic nitrogens is 2. The third kappa shape index (κ3) is 2.05. The third-order valence-corrected chi connectivity index (χ3v) is 3.28. The normalized spacial score (nSPS) is 10.7. The number of rotatable bonds is 3. The molecule has 1 aromatic carbocycles. The first kappa shape index (κ1) is 12.4. The summed E-state index contributed by atoms with van der Waals surface area (Å²) in [6, 6.07) is 11.6. The molecule has 2 aromatic heterocycles. The van der Waals surface area contributed by atoms with E-state index in [1.165, 1.54) is 0 Å². The Labute approximate surface area is 117 Å². The van der Waals surface area contributed by atoms with Crippen molar-refractivity contribution in [3.05, 3.63) is 55.0 Å². The fourth-order valence-corrected chi connectivity index (χ4v) is 2.31. The Kier molecular flexibility index (Phi) is 3.21. The number of H-pyrrole nitrogens is 1. The fraction of sp³-hybridized carbons (Fsp3) is 0.125. The van der Waals surface area contributed by atoms with E-state index in [9.17, 15) is 4.79 Å². The number of benzene rings is 1. The number of carbonyl (C=O) groups excluding carboxylic acids is 1. The van der Waals surface area contributed by atoms with Gasteiger partial charge >= 0.3 is 0 Å². The summed E-state index contributed by atoms with van der Waals surface area (Å²) in [7, 11) is 0. The minimum atomic E-state index is 0.0564. The van der Waals surface area contributed by atoms with E-state index >= 15 is 0 Å². The van der Waals surface area contributed by atoms with Gasteiger partial charge in [0, 0.05) is 35.9 Å². The lowest BCUT2D eigenvalue weighted by atomic mass is 10.2. The van der Waals surface area contributed by atoms with Crippen molar-refractivity contribution in [1.29, 1.82) is 0 Å². The molecule has 0 aliphatic rings. The second-order valence-electron chi connectivity index (χ2n) is 4.51. The zero-order chi connectivity index (χ0) is 13.9. The average molecular weight is 265 g/mol. The van der Waals surface area contributed by atoms with Crippen molar-refractivity contribution < 1.29 is 4.79 Å². The minimum Gasteiger partial charge on any atom is -0.359 e. The van der Waals surface area contributed by atoms with Crippen LogP contribution in [0.1, 0.15) is 13.3 Å². The number of amides is 1. The summed E-state index contributed by atoms with van der Waals surface area (Å²) >= 11 is 0. The molecule has 4 nitrogen and oxygen atoms in total. The quantitative estimate of drug-likeness (QED) is 0.786. The van der Waals surface area contributed by atoms with Gasteiger partial charge in [-0.15, -0.1) is 0 Å². The van der Waals surface area contributed by atoms with Crippen molar-refractivity contribution in [2.75, 3.05) is 4.90 Å². The summed E-state index contributed by atoms with van der Waals surface area (Å²) in [6.45, 7) is 1.87. The lowest BCUT2D eigenvalue weighted by Crippen LogP contribution is -2.24. The van der Waals surface area contributed by atoms with Crippen LogP contribution in [0.3, 0.4) is 0 Å². The van der Waals surface area contributed by atoms with Crippen LogP contribution in [0.4, 0.5) is 11.4 Å². The first-order valence-electron chi connectivity index (χ1n) is 6.60. The lowest BCUT2D eigenvalue weighted by Gasteiger charge is -2.21. The Hall–Kier alpha value is -2.62. The number of para-hydroxylation sites is 1. The van der Waals surface area contributed by atoms with Gasteiger partial charge in [-0.25, -0.2) is 0 Å². The molecule has 0 aliphatic carbocycles. The maximum atomic E-state index is 12.3. The molecule has 0 bridgehead atoms. The van der Waals surface area contributed by atoms with E-state index in [0.717, 1.165) is 22.3 Å². The molecular weight excluding hydrogens is 250 g/mol. The highest BCUT2D eigenvalue weighted by atomic mass is 16.2. The van der Waals surface area contributed by atoms with Crippen LogP contribution in [0.15, 0.2) is 55.0 Å². The summed E-state index contributed by atoms with van der Waals surface area (Å²) in [4.78, 5) is 21.3. The first-order chi connectivity index (χ1) is 9.81. The molecule has 100 valence electrons. The summed E-state index contributed by atoms with van der Waals surface area (Å²) in [5, 5.41) is 1.03. The van der Waals surface area contributed by atoms with E-state index in [1.54, 1.807) is 17.3 Å². The molecule has 3 rings (SSSR count). The van der Waals surface area contributed by atoms with E-state index in [-0.39, 0.29) is 5.91 Å². The zero-order valence-corrected chi connectivity index (χ0v) is 11.2.